The zero-order chi connectivity index (χ0) is 14.5. The molecular weight excluding hydrogens is 270 g/mol. The number of anilines is 1. The summed E-state index contributed by atoms with van der Waals surface area (Å²) >= 11 is 0. The maximum atomic E-state index is 11.9. The van der Waals surface area contributed by atoms with Gasteiger partial charge in [0, 0.05) is 24.1 Å². The molecule has 0 atom stereocenters. The number of furan rings is 1. The van der Waals surface area contributed by atoms with Gasteiger partial charge in [0.2, 0.25) is 5.88 Å². The second kappa shape index (κ2) is 5.87. The fourth-order valence-corrected chi connectivity index (χ4v) is 1.69. The molecule has 0 bridgehead atoms. The molecule has 0 aliphatic carbocycles. The standard InChI is InChI=1S/C15H11N3O3/c19-15(11-4-7-20-10-11)18-12-2-1-3-13(8-12)21-14-9-16-5-6-17-14/h1-10H,(H,18,19). The molecule has 2 aromatic heterocycles. The van der Waals surface area contributed by atoms with Gasteiger partial charge in [-0.05, 0) is 18.2 Å². The van der Waals surface area contributed by atoms with Crippen LogP contribution in [0.15, 0.2) is 65.9 Å². The van der Waals surface area contributed by atoms with Crippen LogP contribution in [0.25, 0.3) is 0 Å². The lowest BCUT2D eigenvalue weighted by atomic mass is 10.2. The van der Waals surface area contributed by atoms with Crippen LogP contribution in [-0.2, 0) is 0 Å². The molecule has 104 valence electrons. The Balaban J connectivity index is 1.73. The average Bonchev–Trinajstić information content (AvgIpc) is 3.03. The number of benzene rings is 1. The number of carbonyl (C=O) groups excluding carboxylic acids is 1. The third-order valence-electron chi connectivity index (χ3n) is 2.64. The normalized spacial score (nSPS) is 10.1. The molecule has 0 saturated carbocycles. The van der Waals surface area contributed by atoms with Crippen molar-refractivity contribution in [2.24, 2.45) is 0 Å². The highest BCUT2D eigenvalue weighted by Gasteiger charge is 2.08. The zero-order valence-electron chi connectivity index (χ0n) is 10.9. The SMILES string of the molecule is O=C(Nc1cccc(Oc2cnccn2)c1)c1ccoc1. The van der Waals surface area contributed by atoms with E-state index in [2.05, 4.69) is 15.3 Å². The third kappa shape index (κ3) is 3.24. The summed E-state index contributed by atoms with van der Waals surface area (Å²) in [6, 6.07) is 8.60. The van der Waals surface area contributed by atoms with E-state index in [1.807, 2.05) is 0 Å². The van der Waals surface area contributed by atoms with Gasteiger partial charge < -0.3 is 14.5 Å². The first-order chi connectivity index (χ1) is 10.3. The molecule has 1 amide bonds. The summed E-state index contributed by atoms with van der Waals surface area (Å²) in [5.74, 6) is 0.691. The van der Waals surface area contributed by atoms with Gasteiger partial charge in [-0.1, -0.05) is 6.07 Å². The molecule has 6 heteroatoms. The summed E-state index contributed by atoms with van der Waals surface area (Å²) in [6.45, 7) is 0. The lowest BCUT2D eigenvalue weighted by Crippen LogP contribution is -2.10. The number of amides is 1. The summed E-state index contributed by atoms with van der Waals surface area (Å²) in [4.78, 5) is 19.8. The van der Waals surface area contributed by atoms with Crippen LogP contribution in [0.5, 0.6) is 11.6 Å². The molecule has 0 unspecified atom stereocenters. The Morgan fingerprint density at radius 2 is 2.19 bits per heavy atom. The highest BCUT2D eigenvalue weighted by molar-refractivity contribution is 6.04. The first-order valence-electron chi connectivity index (χ1n) is 6.19. The predicted octanol–water partition coefficient (Wildman–Crippen LogP) is 3.11. The fraction of sp³-hybridized carbons (Fsp3) is 0. The average molecular weight is 281 g/mol. The van der Waals surface area contributed by atoms with Gasteiger partial charge in [-0.3, -0.25) is 9.78 Å². The zero-order valence-corrected chi connectivity index (χ0v) is 10.9. The van der Waals surface area contributed by atoms with Gasteiger partial charge in [0.1, 0.15) is 12.0 Å². The van der Waals surface area contributed by atoms with Gasteiger partial charge in [0.05, 0.1) is 18.0 Å². The molecule has 0 radical (unpaired) electrons. The number of hydrogen-bond donors (Lipinski definition) is 1. The van der Waals surface area contributed by atoms with Gasteiger partial charge in [-0.15, -0.1) is 0 Å². The van der Waals surface area contributed by atoms with E-state index in [1.165, 1.54) is 18.7 Å². The van der Waals surface area contributed by atoms with Crippen LogP contribution in [0.1, 0.15) is 10.4 Å². The Bertz CT molecular complexity index is 727. The van der Waals surface area contributed by atoms with E-state index < -0.39 is 0 Å². The number of nitrogens with one attached hydrogen (secondary N) is 1. The van der Waals surface area contributed by atoms with E-state index in [0.717, 1.165) is 0 Å². The second-order valence-electron chi connectivity index (χ2n) is 4.14. The Kier molecular flexibility index (Phi) is 3.60. The Morgan fingerprint density at radius 1 is 1.24 bits per heavy atom. The van der Waals surface area contributed by atoms with Crippen molar-refractivity contribution in [3.05, 3.63) is 67.0 Å². The molecule has 0 aliphatic heterocycles. The van der Waals surface area contributed by atoms with E-state index in [1.54, 1.807) is 42.7 Å². The highest BCUT2D eigenvalue weighted by Crippen LogP contribution is 2.22. The Morgan fingerprint density at radius 3 is 2.95 bits per heavy atom. The van der Waals surface area contributed by atoms with Crippen molar-refractivity contribution in [1.29, 1.82) is 0 Å². The summed E-state index contributed by atoms with van der Waals surface area (Å²) in [5.41, 5.74) is 1.07. The van der Waals surface area contributed by atoms with Crippen molar-refractivity contribution in [1.82, 2.24) is 9.97 Å². The molecule has 1 N–H and O–H groups in total. The molecular formula is C15H11N3O3. The van der Waals surface area contributed by atoms with Crippen LogP contribution in [0.2, 0.25) is 0 Å². The topological polar surface area (TPSA) is 77.2 Å². The molecule has 6 nitrogen and oxygen atoms in total. The molecule has 3 rings (SSSR count). The van der Waals surface area contributed by atoms with Crippen LogP contribution >= 0.6 is 0 Å². The Labute approximate surface area is 120 Å². The number of ether oxygens (including phenoxy) is 1. The number of carbonyl (C=O) groups is 1. The van der Waals surface area contributed by atoms with Gasteiger partial charge in [-0.25, -0.2) is 4.98 Å². The van der Waals surface area contributed by atoms with Crippen molar-refractivity contribution in [2.45, 2.75) is 0 Å². The summed E-state index contributed by atoms with van der Waals surface area (Å²) in [5, 5.41) is 2.76. The highest BCUT2D eigenvalue weighted by atomic mass is 16.5. The van der Waals surface area contributed by atoms with Crippen LogP contribution in [-0.4, -0.2) is 15.9 Å². The number of rotatable bonds is 4. The van der Waals surface area contributed by atoms with Crippen molar-refractivity contribution in [2.75, 3.05) is 5.32 Å². The largest absolute Gasteiger partial charge is 0.472 e. The molecule has 3 aromatic rings. The minimum atomic E-state index is -0.250. The first-order valence-corrected chi connectivity index (χ1v) is 6.19. The molecule has 21 heavy (non-hydrogen) atoms. The van der Waals surface area contributed by atoms with E-state index in [9.17, 15) is 4.79 Å². The minimum Gasteiger partial charge on any atom is -0.472 e. The van der Waals surface area contributed by atoms with Gasteiger partial charge >= 0.3 is 0 Å². The molecule has 0 spiro atoms. The molecule has 0 fully saturated rings. The minimum absolute atomic E-state index is 0.250. The van der Waals surface area contributed by atoms with Gasteiger partial charge in [0.15, 0.2) is 0 Å². The Hall–Kier alpha value is -3.15. The van der Waals surface area contributed by atoms with E-state index in [-0.39, 0.29) is 5.91 Å². The number of aromatic nitrogens is 2. The molecule has 2 heterocycles. The van der Waals surface area contributed by atoms with Crippen molar-refractivity contribution >= 4 is 11.6 Å². The molecule has 0 saturated heterocycles. The van der Waals surface area contributed by atoms with Crippen LogP contribution in [0.3, 0.4) is 0 Å². The lowest BCUT2D eigenvalue weighted by molar-refractivity contribution is 0.102. The maximum Gasteiger partial charge on any atom is 0.258 e. The summed E-state index contributed by atoms with van der Waals surface area (Å²) < 4.78 is 10.4. The summed E-state index contributed by atoms with van der Waals surface area (Å²) in [7, 11) is 0. The quantitative estimate of drug-likeness (QED) is 0.795. The second-order valence-corrected chi connectivity index (χ2v) is 4.14. The van der Waals surface area contributed by atoms with E-state index >= 15 is 0 Å². The first kappa shape index (κ1) is 12.9. The third-order valence-corrected chi connectivity index (χ3v) is 2.64. The lowest BCUT2D eigenvalue weighted by Gasteiger charge is -2.07. The van der Waals surface area contributed by atoms with Crippen molar-refractivity contribution < 1.29 is 13.9 Å². The van der Waals surface area contributed by atoms with E-state index in [0.29, 0.717) is 22.9 Å². The molecule has 1 aromatic carbocycles. The van der Waals surface area contributed by atoms with Crippen molar-refractivity contribution in [3.63, 3.8) is 0 Å². The van der Waals surface area contributed by atoms with Crippen molar-refractivity contribution in [3.8, 4) is 11.6 Å². The predicted molar refractivity (Wildman–Crippen MR) is 75.2 cm³/mol. The van der Waals surface area contributed by atoms with Gasteiger partial charge in [0.25, 0.3) is 5.91 Å². The van der Waals surface area contributed by atoms with Crippen LogP contribution in [0.4, 0.5) is 5.69 Å². The number of hydrogen-bond acceptors (Lipinski definition) is 5. The smallest absolute Gasteiger partial charge is 0.258 e. The maximum absolute atomic E-state index is 11.9. The number of nitrogens with zero attached hydrogens (tertiary/aromatic N) is 2. The van der Waals surface area contributed by atoms with E-state index in [4.69, 9.17) is 9.15 Å². The monoisotopic (exact) mass is 281 g/mol. The fourth-order valence-electron chi connectivity index (χ4n) is 1.69. The van der Waals surface area contributed by atoms with Crippen LogP contribution < -0.4 is 10.1 Å². The van der Waals surface area contributed by atoms with Gasteiger partial charge in [-0.2, -0.15) is 0 Å². The van der Waals surface area contributed by atoms with Crippen LogP contribution in [0, 0.1) is 0 Å². The molecule has 0 aliphatic rings. The summed E-state index contributed by atoms with van der Waals surface area (Å²) in [6.07, 6.45) is 7.45.